The molecule has 0 radical (unpaired) electrons. The van der Waals surface area contributed by atoms with E-state index in [1.54, 1.807) is 18.3 Å². The molecule has 29 heavy (non-hydrogen) atoms. The van der Waals surface area contributed by atoms with Gasteiger partial charge in [0.05, 0.1) is 17.3 Å². The van der Waals surface area contributed by atoms with Gasteiger partial charge in [-0.3, -0.25) is 4.79 Å². The molecule has 0 spiro atoms. The zero-order valence-corrected chi connectivity index (χ0v) is 17.1. The van der Waals surface area contributed by atoms with Gasteiger partial charge >= 0.3 is 0 Å². The highest BCUT2D eigenvalue weighted by atomic mass is 32.2. The number of thioether (sulfide) groups is 1. The number of carbonyl (C=O) groups excluding carboxylic acids is 1. The Kier molecular flexibility index (Phi) is 5.62. The van der Waals surface area contributed by atoms with Gasteiger partial charge in [-0.1, -0.05) is 53.3 Å². The SMILES string of the molecule is Cc1cc(CSc2ncccc2C(=O)NC(C)c2ccc3ccccc3c2)no1. The van der Waals surface area contributed by atoms with Crippen LogP contribution in [0.3, 0.4) is 0 Å². The van der Waals surface area contributed by atoms with E-state index >= 15 is 0 Å². The summed E-state index contributed by atoms with van der Waals surface area (Å²) in [6.07, 6.45) is 1.69. The molecule has 0 bridgehead atoms. The molecule has 1 atom stereocenters. The monoisotopic (exact) mass is 403 g/mol. The first-order valence-electron chi connectivity index (χ1n) is 9.40. The topological polar surface area (TPSA) is 68.0 Å². The fraction of sp³-hybridized carbons (Fsp3) is 0.174. The maximum Gasteiger partial charge on any atom is 0.254 e. The van der Waals surface area contributed by atoms with Gasteiger partial charge in [-0.2, -0.15) is 0 Å². The molecule has 0 fully saturated rings. The average Bonchev–Trinajstić information content (AvgIpc) is 3.17. The lowest BCUT2D eigenvalue weighted by molar-refractivity contribution is 0.0936. The van der Waals surface area contributed by atoms with E-state index in [-0.39, 0.29) is 11.9 Å². The molecule has 146 valence electrons. The van der Waals surface area contributed by atoms with Gasteiger partial charge in [-0.15, -0.1) is 0 Å². The number of rotatable bonds is 6. The van der Waals surface area contributed by atoms with Gasteiger partial charge in [0.2, 0.25) is 0 Å². The molecule has 0 aliphatic heterocycles. The largest absolute Gasteiger partial charge is 0.361 e. The van der Waals surface area contributed by atoms with Crippen LogP contribution in [0.15, 0.2) is 76.4 Å². The minimum Gasteiger partial charge on any atom is -0.361 e. The summed E-state index contributed by atoms with van der Waals surface area (Å²) in [6, 6.07) is 19.8. The fourth-order valence-electron chi connectivity index (χ4n) is 3.14. The number of carbonyl (C=O) groups is 1. The Morgan fingerprint density at radius 2 is 1.93 bits per heavy atom. The van der Waals surface area contributed by atoms with Gasteiger partial charge in [0.25, 0.3) is 5.91 Å². The first-order chi connectivity index (χ1) is 14.1. The van der Waals surface area contributed by atoms with Gasteiger partial charge < -0.3 is 9.84 Å². The van der Waals surface area contributed by atoms with Gasteiger partial charge in [-0.25, -0.2) is 4.98 Å². The molecule has 0 saturated heterocycles. The minimum atomic E-state index is -0.141. The van der Waals surface area contributed by atoms with Crippen LogP contribution in [0.1, 0.15) is 40.3 Å². The first kappa shape index (κ1) is 19.2. The summed E-state index contributed by atoms with van der Waals surface area (Å²) in [5.41, 5.74) is 2.45. The number of hydrogen-bond donors (Lipinski definition) is 1. The predicted molar refractivity (Wildman–Crippen MR) is 115 cm³/mol. The van der Waals surface area contributed by atoms with Crippen LogP contribution in [0.4, 0.5) is 0 Å². The molecule has 4 aromatic rings. The van der Waals surface area contributed by atoms with E-state index in [9.17, 15) is 4.79 Å². The standard InChI is InChI=1S/C23H21N3O2S/c1-15-12-20(26-28-15)14-29-23-21(8-5-11-24-23)22(27)25-16(2)18-10-9-17-6-3-4-7-19(17)13-18/h3-13,16H,14H2,1-2H3,(H,25,27). The Balaban J connectivity index is 1.48. The molecular formula is C23H21N3O2S. The lowest BCUT2D eigenvalue weighted by Crippen LogP contribution is -2.27. The lowest BCUT2D eigenvalue weighted by Gasteiger charge is -2.16. The Morgan fingerprint density at radius 3 is 2.72 bits per heavy atom. The van der Waals surface area contributed by atoms with Crippen LogP contribution in [0.2, 0.25) is 0 Å². The number of aryl methyl sites for hydroxylation is 1. The summed E-state index contributed by atoms with van der Waals surface area (Å²) in [6.45, 7) is 3.85. The average molecular weight is 404 g/mol. The third-order valence-electron chi connectivity index (χ3n) is 4.67. The fourth-order valence-corrected chi connectivity index (χ4v) is 4.01. The molecule has 0 aliphatic carbocycles. The second-order valence-electron chi connectivity index (χ2n) is 6.88. The van der Waals surface area contributed by atoms with Crippen LogP contribution in [0.5, 0.6) is 0 Å². The highest BCUT2D eigenvalue weighted by Gasteiger charge is 2.17. The summed E-state index contributed by atoms with van der Waals surface area (Å²) in [7, 11) is 0. The zero-order valence-electron chi connectivity index (χ0n) is 16.3. The van der Waals surface area contributed by atoms with E-state index in [1.807, 2.05) is 32.0 Å². The Labute approximate surface area is 173 Å². The van der Waals surface area contributed by atoms with Gasteiger partial charge in [0, 0.05) is 18.0 Å². The zero-order chi connectivity index (χ0) is 20.2. The van der Waals surface area contributed by atoms with Crippen molar-refractivity contribution < 1.29 is 9.32 Å². The van der Waals surface area contributed by atoms with Crippen molar-refractivity contribution in [1.29, 1.82) is 0 Å². The molecule has 1 N–H and O–H groups in total. The third kappa shape index (κ3) is 4.49. The van der Waals surface area contributed by atoms with Crippen LogP contribution >= 0.6 is 11.8 Å². The molecule has 2 heterocycles. The van der Waals surface area contributed by atoms with Crippen molar-refractivity contribution in [2.24, 2.45) is 0 Å². The van der Waals surface area contributed by atoms with Crippen LogP contribution in [0, 0.1) is 6.92 Å². The third-order valence-corrected chi connectivity index (χ3v) is 5.71. The molecule has 5 nitrogen and oxygen atoms in total. The number of fused-ring (bicyclic) bond motifs is 1. The second kappa shape index (κ2) is 8.49. The lowest BCUT2D eigenvalue weighted by atomic mass is 10.0. The Bertz CT molecular complexity index is 1160. The molecule has 2 aromatic heterocycles. The van der Waals surface area contributed by atoms with Crippen LogP contribution in [-0.4, -0.2) is 16.0 Å². The maximum atomic E-state index is 12.9. The number of amides is 1. The van der Waals surface area contributed by atoms with Crippen LogP contribution in [-0.2, 0) is 5.75 Å². The molecule has 6 heteroatoms. The van der Waals surface area contributed by atoms with Crippen molar-refractivity contribution in [3.63, 3.8) is 0 Å². The molecular weight excluding hydrogens is 382 g/mol. The van der Waals surface area contributed by atoms with E-state index in [4.69, 9.17) is 4.52 Å². The van der Waals surface area contributed by atoms with Gasteiger partial charge in [0.15, 0.2) is 0 Å². The van der Waals surface area contributed by atoms with E-state index in [1.165, 1.54) is 17.1 Å². The number of hydrogen-bond acceptors (Lipinski definition) is 5. The minimum absolute atomic E-state index is 0.122. The summed E-state index contributed by atoms with van der Waals surface area (Å²) in [5, 5.41) is 10.1. The van der Waals surface area contributed by atoms with Crippen molar-refractivity contribution in [2.45, 2.75) is 30.7 Å². The van der Waals surface area contributed by atoms with Crippen LogP contribution in [0.25, 0.3) is 10.8 Å². The molecule has 4 rings (SSSR count). The number of nitrogens with one attached hydrogen (secondary N) is 1. The number of nitrogens with zero attached hydrogens (tertiary/aromatic N) is 2. The highest BCUT2D eigenvalue weighted by Crippen LogP contribution is 2.25. The normalized spacial score (nSPS) is 12.1. The van der Waals surface area contributed by atoms with Crippen molar-refractivity contribution in [3.05, 3.63) is 89.4 Å². The smallest absolute Gasteiger partial charge is 0.254 e. The highest BCUT2D eigenvalue weighted by molar-refractivity contribution is 7.98. The van der Waals surface area contributed by atoms with E-state index in [0.717, 1.165) is 22.4 Å². The molecule has 1 amide bonds. The number of pyridine rings is 1. The van der Waals surface area contributed by atoms with Crippen LogP contribution < -0.4 is 5.32 Å². The maximum absolute atomic E-state index is 12.9. The predicted octanol–water partition coefficient (Wildman–Crippen LogP) is 5.31. The van der Waals surface area contributed by atoms with Crippen molar-refractivity contribution in [1.82, 2.24) is 15.5 Å². The Hall–Kier alpha value is -3.12. The van der Waals surface area contributed by atoms with Crippen molar-refractivity contribution in [2.75, 3.05) is 0 Å². The van der Waals surface area contributed by atoms with E-state index in [0.29, 0.717) is 16.3 Å². The number of benzene rings is 2. The first-order valence-corrected chi connectivity index (χ1v) is 10.4. The quantitative estimate of drug-likeness (QED) is 0.442. The van der Waals surface area contributed by atoms with Crippen molar-refractivity contribution >= 4 is 28.4 Å². The summed E-state index contributed by atoms with van der Waals surface area (Å²) in [4.78, 5) is 17.3. The van der Waals surface area contributed by atoms with E-state index in [2.05, 4.69) is 45.8 Å². The summed E-state index contributed by atoms with van der Waals surface area (Å²) >= 11 is 1.47. The molecule has 0 saturated carbocycles. The molecule has 2 aromatic carbocycles. The molecule has 1 unspecified atom stereocenters. The Morgan fingerprint density at radius 1 is 1.10 bits per heavy atom. The summed E-state index contributed by atoms with van der Waals surface area (Å²) in [5.74, 6) is 1.22. The van der Waals surface area contributed by atoms with Crippen molar-refractivity contribution in [3.8, 4) is 0 Å². The van der Waals surface area contributed by atoms with Gasteiger partial charge in [-0.05, 0) is 48.4 Å². The van der Waals surface area contributed by atoms with E-state index < -0.39 is 0 Å². The van der Waals surface area contributed by atoms with Gasteiger partial charge in [0.1, 0.15) is 10.8 Å². The molecule has 0 aliphatic rings. The number of aromatic nitrogens is 2. The summed E-state index contributed by atoms with van der Waals surface area (Å²) < 4.78 is 5.10. The second-order valence-corrected chi connectivity index (χ2v) is 7.84.